The number of rotatable bonds is 7. The molecule has 1 aliphatic rings. The van der Waals surface area contributed by atoms with E-state index in [9.17, 15) is 10.1 Å². The fourth-order valence-electron chi connectivity index (χ4n) is 2.75. The third-order valence-electron chi connectivity index (χ3n) is 3.88. The molecule has 116 valence electrons. The highest BCUT2D eigenvalue weighted by molar-refractivity contribution is 5.42. The Kier molecular flexibility index (Phi) is 5.52. The summed E-state index contributed by atoms with van der Waals surface area (Å²) < 4.78 is 10.8. The fourth-order valence-corrected chi connectivity index (χ4v) is 2.75. The first-order chi connectivity index (χ1) is 10.1. The molecule has 1 N–H and O–H groups in total. The third-order valence-corrected chi connectivity index (χ3v) is 3.88. The summed E-state index contributed by atoms with van der Waals surface area (Å²) in [6.07, 6.45) is 2.43. The number of nitro groups is 1. The Hall–Kier alpha value is -1.66. The van der Waals surface area contributed by atoms with Crippen molar-refractivity contribution in [3.05, 3.63) is 33.9 Å². The predicted octanol–water partition coefficient (Wildman–Crippen LogP) is 2.51. The van der Waals surface area contributed by atoms with Gasteiger partial charge in [0, 0.05) is 25.8 Å². The van der Waals surface area contributed by atoms with E-state index in [1.807, 2.05) is 6.07 Å². The van der Waals surface area contributed by atoms with Crippen molar-refractivity contribution in [3.8, 4) is 5.75 Å². The summed E-state index contributed by atoms with van der Waals surface area (Å²) in [6, 6.07) is 4.84. The molecule has 0 saturated carbocycles. The molecule has 2 atom stereocenters. The number of non-ortho nitro benzene ring substituents is 1. The van der Waals surface area contributed by atoms with Gasteiger partial charge in [0.15, 0.2) is 0 Å². The molecule has 0 bridgehead atoms. The second-order valence-electron chi connectivity index (χ2n) is 5.29. The summed E-state index contributed by atoms with van der Waals surface area (Å²) >= 11 is 0. The third kappa shape index (κ3) is 4.15. The molecule has 2 rings (SSSR count). The van der Waals surface area contributed by atoms with E-state index in [0.717, 1.165) is 31.6 Å². The highest BCUT2D eigenvalue weighted by Crippen LogP contribution is 2.24. The van der Waals surface area contributed by atoms with Crippen LogP contribution in [0.15, 0.2) is 18.2 Å². The second kappa shape index (κ2) is 7.38. The molecule has 0 aromatic heterocycles. The first-order valence-electron chi connectivity index (χ1n) is 7.28. The predicted molar refractivity (Wildman–Crippen MR) is 79.5 cm³/mol. The minimum atomic E-state index is -0.399. The summed E-state index contributed by atoms with van der Waals surface area (Å²) in [6.45, 7) is 4.42. The maximum atomic E-state index is 10.9. The lowest BCUT2D eigenvalue weighted by Gasteiger charge is -2.17. The zero-order chi connectivity index (χ0) is 15.2. The smallest absolute Gasteiger partial charge is 0.273 e. The van der Waals surface area contributed by atoms with Crippen LogP contribution in [0.25, 0.3) is 0 Å². The molecular weight excluding hydrogens is 272 g/mol. The molecular formula is C15H22N2O4. The van der Waals surface area contributed by atoms with Gasteiger partial charge in [0.1, 0.15) is 5.75 Å². The van der Waals surface area contributed by atoms with E-state index in [0.29, 0.717) is 24.3 Å². The van der Waals surface area contributed by atoms with E-state index in [-0.39, 0.29) is 5.69 Å². The Morgan fingerprint density at radius 2 is 2.29 bits per heavy atom. The molecule has 1 aliphatic heterocycles. The maximum Gasteiger partial charge on any atom is 0.273 e. The normalized spacial score (nSPS) is 21.4. The largest absolute Gasteiger partial charge is 0.496 e. The van der Waals surface area contributed by atoms with Crippen molar-refractivity contribution in [2.75, 3.05) is 20.3 Å². The van der Waals surface area contributed by atoms with Gasteiger partial charge in [-0.05, 0) is 30.4 Å². The van der Waals surface area contributed by atoms with E-state index in [1.165, 1.54) is 13.2 Å². The first kappa shape index (κ1) is 15.7. The number of benzene rings is 1. The van der Waals surface area contributed by atoms with Gasteiger partial charge in [0.05, 0.1) is 24.2 Å². The van der Waals surface area contributed by atoms with Gasteiger partial charge >= 0.3 is 0 Å². The maximum absolute atomic E-state index is 10.9. The molecule has 1 saturated heterocycles. The van der Waals surface area contributed by atoms with Crippen LogP contribution in [0.1, 0.15) is 25.3 Å². The van der Waals surface area contributed by atoms with Crippen LogP contribution in [-0.4, -0.2) is 31.3 Å². The molecule has 1 aromatic carbocycles. The number of hydrogen-bond donors (Lipinski definition) is 1. The molecule has 0 spiro atoms. The fraction of sp³-hybridized carbons (Fsp3) is 0.600. The highest BCUT2D eigenvalue weighted by Gasteiger charge is 2.26. The Balaban J connectivity index is 1.93. The molecule has 0 amide bonds. The summed E-state index contributed by atoms with van der Waals surface area (Å²) in [5.41, 5.74) is 0.912. The minimum absolute atomic E-state index is 0.0572. The molecule has 1 fully saturated rings. The number of hydrogen-bond acceptors (Lipinski definition) is 5. The Labute approximate surface area is 124 Å². The van der Waals surface area contributed by atoms with Crippen LogP contribution in [0, 0.1) is 16.0 Å². The number of nitro benzene ring substituents is 1. The van der Waals surface area contributed by atoms with Crippen LogP contribution in [0.3, 0.4) is 0 Å². The topological polar surface area (TPSA) is 73.6 Å². The van der Waals surface area contributed by atoms with Gasteiger partial charge in [-0.2, -0.15) is 0 Å². The molecule has 6 nitrogen and oxygen atoms in total. The summed E-state index contributed by atoms with van der Waals surface area (Å²) in [5.74, 6) is 1.03. The summed E-state index contributed by atoms with van der Waals surface area (Å²) in [4.78, 5) is 10.5. The van der Waals surface area contributed by atoms with Crippen LogP contribution < -0.4 is 10.1 Å². The Morgan fingerprint density at radius 3 is 2.95 bits per heavy atom. The van der Waals surface area contributed by atoms with Gasteiger partial charge in [-0.25, -0.2) is 0 Å². The van der Waals surface area contributed by atoms with Gasteiger partial charge in [0.25, 0.3) is 5.69 Å². The standard InChI is InChI=1S/C15H22N2O4/c1-3-15-12(4-5-21-15)10-16-9-11-6-13(17(18)19)8-14(7-11)20-2/h6-8,12,15-16H,3-5,9-10H2,1-2H3. The van der Waals surface area contributed by atoms with Gasteiger partial charge in [0.2, 0.25) is 0 Å². The summed E-state index contributed by atoms with van der Waals surface area (Å²) in [7, 11) is 1.51. The average Bonchev–Trinajstić information content (AvgIpc) is 2.94. The number of nitrogens with zero attached hydrogens (tertiary/aromatic N) is 1. The lowest BCUT2D eigenvalue weighted by molar-refractivity contribution is -0.385. The molecule has 21 heavy (non-hydrogen) atoms. The summed E-state index contributed by atoms with van der Waals surface area (Å²) in [5, 5.41) is 14.3. The monoisotopic (exact) mass is 294 g/mol. The van der Waals surface area contributed by atoms with Crippen molar-refractivity contribution in [1.82, 2.24) is 5.32 Å². The van der Waals surface area contributed by atoms with Crippen LogP contribution in [-0.2, 0) is 11.3 Å². The van der Waals surface area contributed by atoms with Gasteiger partial charge < -0.3 is 14.8 Å². The zero-order valence-electron chi connectivity index (χ0n) is 12.5. The van der Waals surface area contributed by atoms with Crippen molar-refractivity contribution in [1.29, 1.82) is 0 Å². The van der Waals surface area contributed by atoms with Crippen molar-refractivity contribution < 1.29 is 14.4 Å². The molecule has 1 heterocycles. The van der Waals surface area contributed by atoms with E-state index in [4.69, 9.17) is 9.47 Å². The number of methoxy groups -OCH3 is 1. The lowest BCUT2D eigenvalue weighted by atomic mass is 9.99. The Bertz CT molecular complexity index is 493. The molecule has 6 heteroatoms. The lowest BCUT2D eigenvalue weighted by Crippen LogP contribution is -2.27. The van der Waals surface area contributed by atoms with E-state index in [2.05, 4.69) is 12.2 Å². The SMILES string of the molecule is CCC1OCCC1CNCc1cc(OC)cc([N+](=O)[O-])c1. The highest BCUT2D eigenvalue weighted by atomic mass is 16.6. The first-order valence-corrected chi connectivity index (χ1v) is 7.28. The van der Waals surface area contributed by atoms with Gasteiger partial charge in [-0.15, -0.1) is 0 Å². The van der Waals surface area contributed by atoms with Gasteiger partial charge in [-0.3, -0.25) is 10.1 Å². The zero-order valence-corrected chi connectivity index (χ0v) is 12.5. The molecule has 0 radical (unpaired) electrons. The van der Waals surface area contributed by atoms with Crippen LogP contribution >= 0.6 is 0 Å². The van der Waals surface area contributed by atoms with Crippen LogP contribution in [0.5, 0.6) is 5.75 Å². The second-order valence-corrected chi connectivity index (χ2v) is 5.29. The van der Waals surface area contributed by atoms with Crippen LogP contribution in [0.4, 0.5) is 5.69 Å². The van der Waals surface area contributed by atoms with Crippen LogP contribution in [0.2, 0.25) is 0 Å². The number of ether oxygens (including phenoxy) is 2. The van der Waals surface area contributed by atoms with Crippen molar-refractivity contribution in [2.45, 2.75) is 32.4 Å². The number of nitrogens with one attached hydrogen (secondary N) is 1. The van der Waals surface area contributed by atoms with E-state index >= 15 is 0 Å². The van der Waals surface area contributed by atoms with Gasteiger partial charge in [-0.1, -0.05) is 6.92 Å². The van der Waals surface area contributed by atoms with Crippen molar-refractivity contribution in [3.63, 3.8) is 0 Å². The van der Waals surface area contributed by atoms with E-state index < -0.39 is 4.92 Å². The molecule has 1 aromatic rings. The van der Waals surface area contributed by atoms with Crippen molar-refractivity contribution >= 4 is 5.69 Å². The quantitative estimate of drug-likeness (QED) is 0.618. The average molecular weight is 294 g/mol. The van der Waals surface area contributed by atoms with Crippen molar-refractivity contribution in [2.24, 2.45) is 5.92 Å². The Morgan fingerprint density at radius 1 is 1.48 bits per heavy atom. The van der Waals surface area contributed by atoms with E-state index in [1.54, 1.807) is 6.07 Å². The molecule has 0 aliphatic carbocycles. The molecule has 2 unspecified atom stereocenters. The minimum Gasteiger partial charge on any atom is -0.496 e.